The van der Waals surface area contributed by atoms with Gasteiger partial charge in [-0.25, -0.2) is 4.98 Å². The first-order chi connectivity index (χ1) is 10.3. The molecule has 0 bridgehead atoms. The molecular weight excluding hydrogens is 286 g/mol. The maximum absolute atomic E-state index is 5.96. The Labute approximate surface area is 128 Å². The molecular formula is C15H16ClN5. The largest absolute Gasteiger partial charge is 0.368 e. The van der Waals surface area contributed by atoms with Gasteiger partial charge in [-0.3, -0.25) is 0 Å². The summed E-state index contributed by atoms with van der Waals surface area (Å²) in [5.41, 5.74) is 2.81. The Hall–Kier alpha value is -2.14. The summed E-state index contributed by atoms with van der Waals surface area (Å²) >= 11 is 5.96. The van der Waals surface area contributed by atoms with E-state index < -0.39 is 0 Å². The fourth-order valence-corrected chi connectivity index (χ4v) is 2.45. The minimum Gasteiger partial charge on any atom is -0.368 e. The molecule has 0 saturated carbocycles. The Morgan fingerprint density at radius 1 is 1.19 bits per heavy atom. The summed E-state index contributed by atoms with van der Waals surface area (Å²) in [4.78, 5) is 12.7. The van der Waals surface area contributed by atoms with Gasteiger partial charge in [0.15, 0.2) is 11.5 Å². The normalized spacial score (nSPS) is 11.0. The van der Waals surface area contributed by atoms with Crippen molar-refractivity contribution in [3.8, 4) is 0 Å². The minimum absolute atomic E-state index is 0.214. The fourth-order valence-electron chi connectivity index (χ4n) is 2.29. The van der Waals surface area contributed by atoms with E-state index in [1.807, 2.05) is 22.8 Å². The molecule has 0 aliphatic rings. The SMILES string of the molecule is CCn1cnc2nc(Cl)nc(NCCc3ccccc3)c21. The first-order valence-corrected chi connectivity index (χ1v) is 7.32. The number of hydrogen-bond acceptors (Lipinski definition) is 4. The van der Waals surface area contributed by atoms with Gasteiger partial charge in [-0.1, -0.05) is 30.3 Å². The second-order valence-corrected chi connectivity index (χ2v) is 5.04. The van der Waals surface area contributed by atoms with Crippen molar-refractivity contribution in [1.82, 2.24) is 19.5 Å². The fraction of sp³-hybridized carbons (Fsp3) is 0.267. The second-order valence-electron chi connectivity index (χ2n) is 4.71. The predicted octanol–water partition coefficient (Wildman–Crippen LogP) is 3.15. The maximum Gasteiger partial charge on any atom is 0.226 e. The Morgan fingerprint density at radius 3 is 2.76 bits per heavy atom. The zero-order chi connectivity index (χ0) is 14.7. The molecule has 3 rings (SSSR count). The van der Waals surface area contributed by atoms with Crippen LogP contribution in [0.2, 0.25) is 5.28 Å². The molecule has 2 heterocycles. The third kappa shape index (κ3) is 2.97. The molecule has 0 unspecified atom stereocenters. The average molecular weight is 302 g/mol. The van der Waals surface area contributed by atoms with Crippen molar-refractivity contribution in [2.75, 3.05) is 11.9 Å². The van der Waals surface area contributed by atoms with Crippen LogP contribution in [0.15, 0.2) is 36.7 Å². The Morgan fingerprint density at radius 2 is 2.00 bits per heavy atom. The van der Waals surface area contributed by atoms with Crippen LogP contribution < -0.4 is 5.32 Å². The number of aromatic nitrogens is 4. The number of imidazole rings is 1. The van der Waals surface area contributed by atoms with E-state index in [4.69, 9.17) is 11.6 Å². The third-order valence-corrected chi connectivity index (χ3v) is 3.50. The van der Waals surface area contributed by atoms with Gasteiger partial charge in [0.2, 0.25) is 5.28 Å². The van der Waals surface area contributed by atoms with Gasteiger partial charge in [-0.2, -0.15) is 9.97 Å². The highest BCUT2D eigenvalue weighted by atomic mass is 35.5. The molecule has 0 spiro atoms. The molecule has 0 amide bonds. The van der Waals surface area contributed by atoms with E-state index in [1.54, 1.807) is 6.33 Å². The van der Waals surface area contributed by atoms with Gasteiger partial charge >= 0.3 is 0 Å². The van der Waals surface area contributed by atoms with E-state index in [-0.39, 0.29) is 5.28 Å². The van der Waals surface area contributed by atoms with Crippen molar-refractivity contribution in [1.29, 1.82) is 0 Å². The topological polar surface area (TPSA) is 55.6 Å². The number of rotatable bonds is 5. The monoisotopic (exact) mass is 301 g/mol. The van der Waals surface area contributed by atoms with Crippen molar-refractivity contribution >= 4 is 28.6 Å². The number of fused-ring (bicyclic) bond motifs is 1. The van der Waals surface area contributed by atoms with Gasteiger partial charge in [0.1, 0.15) is 5.52 Å². The van der Waals surface area contributed by atoms with Crippen molar-refractivity contribution in [3.05, 3.63) is 47.5 Å². The molecule has 3 aromatic rings. The standard InChI is InChI=1S/C15H16ClN5/c1-2-21-10-18-14-12(21)13(19-15(16)20-14)17-9-8-11-6-4-3-5-7-11/h3-7,10H,2,8-9H2,1H3,(H,17,19,20). The summed E-state index contributed by atoms with van der Waals surface area (Å²) in [7, 11) is 0. The summed E-state index contributed by atoms with van der Waals surface area (Å²) < 4.78 is 2.01. The number of halogens is 1. The van der Waals surface area contributed by atoms with Crippen LogP contribution >= 0.6 is 11.6 Å². The predicted molar refractivity (Wildman–Crippen MR) is 84.6 cm³/mol. The molecule has 0 saturated heterocycles. The molecule has 0 aliphatic heterocycles. The molecule has 1 N–H and O–H groups in total. The highest BCUT2D eigenvalue weighted by Crippen LogP contribution is 2.21. The van der Waals surface area contributed by atoms with E-state index in [2.05, 4.69) is 39.3 Å². The summed E-state index contributed by atoms with van der Waals surface area (Å²) in [6.45, 7) is 3.65. The molecule has 0 radical (unpaired) electrons. The maximum atomic E-state index is 5.96. The summed E-state index contributed by atoms with van der Waals surface area (Å²) in [5.74, 6) is 0.736. The summed E-state index contributed by atoms with van der Waals surface area (Å²) in [5, 5.41) is 3.56. The Balaban J connectivity index is 1.81. The summed E-state index contributed by atoms with van der Waals surface area (Å²) in [6, 6.07) is 10.3. The molecule has 6 heteroatoms. The number of anilines is 1. The zero-order valence-corrected chi connectivity index (χ0v) is 12.5. The minimum atomic E-state index is 0.214. The molecule has 1 aromatic carbocycles. The van der Waals surface area contributed by atoms with Gasteiger partial charge in [0.25, 0.3) is 0 Å². The number of aryl methyl sites for hydroxylation is 1. The molecule has 5 nitrogen and oxygen atoms in total. The molecule has 0 aliphatic carbocycles. The van der Waals surface area contributed by atoms with Crippen LogP contribution in [-0.2, 0) is 13.0 Å². The first kappa shape index (κ1) is 13.8. The van der Waals surface area contributed by atoms with Gasteiger partial charge < -0.3 is 9.88 Å². The van der Waals surface area contributed by atoms with Crippen LogP contribution in [0.4, 0.5) is 5.82 Å². The van der Waals surface area contributed by atoms with E-state index in [1.165, 1.54) is 5.56 Å². The number of nitrogens with zero attached hydrogens (tertiary/aromatic N) is 4. The first-order valence-electron chi connectivity index (χ1n) is 6.94. The Bertz CT molecular complexity index is 738. The number of benzene rings is 1. The van der Waals surface area contributed by atoms with Gasteiger partial charge in [0.05, 0.1) is 6.33 Å². The van der Waals surface area contributed by atoms with E-state index >= 15 is 0 Å². The lowest BCUT2D eigenvalue weighted by atomic mass is 10.1. The highest BCUT2D eigenvalue weighted by molar-refractivity contribution is 6.28. The van der Waals surface area contributed by atoms with Crippen molar-refractivity contribution < 1.29 is 0 Å². The van der Waals surface area contributed by atoms with Crippen LogP contribution in [0.3, 0.4) is 0 Å². The van der Waals surface area contributed by atoms with Crippen molar-refractivity contribution in [2.24, 2.45) is 0 Å². The summed E-state index contributed by atoms with van der Waals surface area (Å²) in [6.07, 6.45) is 2.68. The van der Waals surface area contributed by atoms with Gasteiger partial charge in [-0.15, -0.1) is 0 Å². The lowest BCUT2D eigenvalue weighted by molar-refractivity contribution is 0.785. The number of nitrogens with one attached hydrogen (secondary N) is 1. The van der Waals surface area contributed by atoms with Crippen LogP contribution in [0.1, 0.15) is 12.5 Å². The molecule has 21 heavy (non-hydrogen) atoms. The van der Waals surface area contributed by atoms with Crippen molar-refractivity contribution in [2.45, 2.75) is 19.9 Å². The highest BCUT2D eigenvalue weighted by Gasteiger charge is 2.11. The van der Waals surface area contributed by atoms with E-state index in [0.29, 0.717) is 5.65 Å². The zero-order valence-electron chi connectivity index (χ0n) is 11.8. The lowest BCUT2D eigenvalue weighted by Gasteiger charge is -2.09. The van der Waals surface area contributed by atoms with Crippen LogP contribution in [0.25, 0.3) is 11.2 Å². The van der Waals surface area contributed by atoms with Crippen LogP contribution in [0.5, 0.6) is 0 Å². The van der Waals surface area contributed by atoms with Gasteiger partial charge in [0, 0.05) is 13.1 Å². The van der Waals surface area contributed by atoms with Gasteiger partial charge in [-0.05, 0) is 30.5 Å². The lowest BCUT2D eigenvalue weighted by Crippen LogP contribution is -2.09. The average Bonchev–Trinajstić information content (AvgIpc) is 2.91. The quantitative estimate of drug-likeness (QED) is 0.736. The molecule has 2 aromatic heterocycles. The Kier molecular flexibility index (Phi) is 4.01. The molecule has 0 fully saturated rings. The molecule has 108 valence electrons. The second kappa shape index (κ2) is 6.10. The van der Waals surface area contributed by atoms with E-state index in [0.717, 1.165) is 30.8 Å². The van der Waals surface area contributed by atoms with Crippen LogP contribution in [-0.4, -0.2) is 26.1 Å². The van der Waals surface area contributed by atoms with Crippen LogP contribution in [0, 0.1) is 0 Å². The number of hydrogen-bond donors (Lipinski definition) is 1. The smallest absolute Gasteiger partial charge is 0.226 e. The van der Waals surface area contributed by atoms with E-state index in [9.17, 15) is 0 Å². The third-order valence-electron chi connectivity index (χ3n) is 3.33. The molecule has 0 atom stereocenters. The van der Waals surface area contributed by atoms with Crippen molar-refractivity contribution in [3.63, 3.8) is 0 Å².